The van der Waals surface area contributed by atoms with E-state index >= 15 is 0 Å². The van der Waals surface area contributed by atoms with Gasteiger partial charge >= 0.3 is 0 Å². The highest BCUT2D eigenvalue weighted by Crippen LogP contribution is 2.33. The van der Waals surface area contributed by atoms with Crippen LogP contribution < -0.4 is 10.1 Å². The van der Waals surface area contributed by atoms with Crippen molar-refractivity contribution in [2.75, 3.05) is 7.05 Å². The second-order valence-corrected chi connectivity index (χ2v) is 5.36. The highest BCUT2D eigenvalue weighted by Gasteiger charge is 2.15. The second-order valence-electron chi connectivity index (χ2n) is 5.36. The molecule has 0 saturated heterocycles. The number of ether oxygens (including phenoxy) is 1. The van der Waals surface area contributed by atoms with E-state index in [1.807, 2.05) is 25.2 Å². The van der Waals surface area contributed by atoms with Gasteiger partial charge in [-0.3, -0.25) is 0 Å². The molecule has 112 valence electrons. The summed E-state index contributed by atoms with van der Waals surface area (Å²) in [6, 6.07) is 12.4. The summed E-state index contributed by atoms with van der Waals surface area (Å²) in [6.07, 6.45) is 2.86. The molecule has 0 radical (unpaired) electrons. The topological polar surface area (TPSA) is 34.1 Å². The molecule has 0 aliphatic carbocycles. The fourth-order valence-corrected chi connectivity index (χ4v) is 2.28. The van der Waals surface area contributed by atoms with E-state index in [0.717, 1.165) is 17.7 Å². The zero-order chi connectivity index (χ0) is 15.2. The smallest absolute Gasteiger partial charge is 0.223 e. The van der Waals surface area contributed by atoms with Crippen LogP contribution in [0.15, 0.2) is 42.6 Å². The summed E-state index contributed by atoms with van der Waals surface area (Å²) in [5.41, 5.74) is 2.30. The molecule has 3 heteroatoms. The molecule has 0 aliphatic rings. The summed E-state index contributed by atoms with van der Waals surface area (Å²) in [5, 5.41) is 3.24. The van der Waals surface area contributed by atoms with Gasteiger partial charge in [-0.15, -0.1) is 0 Å². The van der Waals surface area contributed by atoms with Gasteiger partial charge in [-0.2, -0.15) is 0 Å². The lowest BCUT2D eigenvalue weighted by Crippen LogP contribution is -2.13. The number of hydrogen-bond donors (Lipinski definition) is 1. The summed E-state index contributed by atoms with van der Waals surface area (Å²) >= 11 is 0. The molecule has 0 bridgehead atoms. The molecule has 0 spiro atoms. The quantitative estimate of drug-likeness (QED) is 0.837. The Labute approximate surface area is 127 Å². The van der Waals surface area contributed by atoms with Crippen molar-refractivity contribution in [1.29, 1.82) is 0 Å². The Balaban J connectivity index is 2.35. The molecule has 1 aromatic carbocycles. The number of rotatable bonds is 6. The molecular formula is C18H24N2O. The zero-order valence-corrected chi connectivity index (χ0v) is 13.3. The Morgan fingerprint density at radius 2 is 1.81 bits per heavy atom. The van der Waals surface area contributed by atoms with Crippen LogP contribution in [-0.4, -0.2) is 12.0 Å². The summed E-state index contributed by atoms with van der Waals surface area (Å²) in [7, 11) is 1.94. The summed E-state index contributed by atoms with van der Waals surface area (Å²) in [4.78, 5) is 4.41. The third kappa shape index (κ3) is 3.61. The average molecular weight is 284 g/mol. The van der Waals surface area contributed by atoms with Crippen LogP contribution in [0.2, 0.25) is 0 Å². The first-order valence-electron chi connectivity index (χ1n) is 7.56. The maximum Gasteiger partial charge on any atom is 0.223 e. The normalized spacial score (nSPS) is 13.7. The van der Waals surface area contributed by atoms with E-state index in [1.165, 1.54) is 5.56 Å². The first kappa shape index (κ1) is 15.5. The molecule has 21 heavy (non-hydrogen) atoms. The van der Waals surface area contributed by atoms with Crippen LogP contribution in [-0.2, 0) is 0 Å². The van der Waals surface area contributed by atoms with Gasteiger partial charge in [0.25, 0.3) is 0 Å². The molecule has 3 nitrogen and oxygen atoms in total. The SMILES string of the molecule is CCC(C)c1ccccc1Oc1ncccc1C(C)NC. The number of nitrogens with zero attached hydrogens (tertiary/aromatic N) is 1. The van der Waals surface area contributed by atoms with Crippen molar-refractivity contribution in [2.24, 2.45) is 0 Å². The van der Waals surface area contributed by atoms with Crippen LogP contribution in [0, 0.1) is 0 Å². The summed E-state index contributed by atoms with van der Waals surface area (Å²) in [5.74, 6) is 2.04. The molecule has 0 aliphatic heterocycles. The molecule has 1 N–H and O–H groups in total. The third-order valence-corrected chi connectivity index (χ3v) is 3.97. The Morgan fingerprint density at radius 1 is 1.10 bits per heavy atom. The largest absolute Gasteiger partial charge is 0.438 e. The highest BCUT2D eigenvalue weighted by atomic mass is 16.5. The van der Waals surface area contributed by atoms with Crippen molar-refractivity contribution in [2.45, 2.75) is 39.2 Å². The Bertz CT molecular complexity index is 531. The Morgan fingerprint density at radius 3 is 2.52 bits per heavy atom. The minimum Gasteiger partial charge on any atom is -0.438 e. The van der Waals surface area contributed by atoms with Crippen LogP contribution in [0.5, 0.6) is 11.6 Å². The number of nitrogens with one attached hydrogen (secondary N) is 1. The lowest BCUT2D eigenvalue weighted by Gasteiger charge is -2.18. The Hall–Kier alpha value is -1.87. The predicted molar refractivity (Wildman–Crippen MR) is 86.9 cm³/mol. The molecule has 1 heterocycles. The van der Waals surface area contributed by atoms with Gasteiger partial charge in [0.15, 0.2) is 0 Å². The van der Waals surface area contributed by atoms with Crippen molar-refractivity contribution in [3.8, 4) is 11.6 Å². The van der Waals surface area contributed by atoms with Crippen molar-refractivity contribution in [3.05, 3.63) is 53.7 Å². The van der Waals surface area contributed by atoms with E-state index in [4.69, 9.17) is 4.74 Å². The van der Waals surface area contributed by atoms with E-state index < -0.39 is 0 Å². The van der Waals surface area contributed by atoms with Crippen LogP contribution >= 0.6 is 0 Å². The van der Waals surface area contributed by atoms with Crippen LogP contribution in [0.3, 0.4) is 0 Å². The molecule has 0 amide bonds. The van der Waals surface area contributed by atoms with E-state index in [2.05, 4.69) is 49.3 Å². The standard InChI is InChI=1S/C18H24N2O/c1-5-13(2)15-9-6-7-11-17(15)21-18-16(14(3)19-4)10-8-12-20-18/h6-14,19H,5H2,1-4H3. The lowest BCUT2D eigenvalue weighted by atomic mass is 9.98. The fourth-order valence-electron chi connectivity index (χ4n) is 2.28. The van der Waals surface area contributed by atoms with E-state index in [-0.39, 0.29) is 6.04 Å². The van der Waals surface area contributed by atoms with Gasteiger partial charge in [0.2, 0.25) is 5.88 Å². The zero-order valence-electron chi connectivity index (χ0n) is 13.3. The number of pyridine rings is 1. The molecule has 0 fully saturated rings. The number of para-hydroxylation sites is 1. The maximum absolute atomic E-state index is 6.14. The maximum atomic E-state index is 6.14. The van der Waals surface area contributed by atoms with Gasteiger partial charge < -0.3 is 10.1 Å². The third-order valence-electron chi connectivity index (χ3n) is 3.97. The van der Waals surface area contributed by atoms with Crippen molar-refractivity contribution in [3.63, 3.8) is 0 Å². The molecule has 2 unspecified atom stereocenters. The first-order chi connectivity index (χ1) is 10.2. The van der Waals surface area contributed by atoms with Crippen LogP contribution in [0.4, 0.5) is 0 Å². The molecule has 2 aromatic rings. The number of aromatic nitrogens is 1. The minimum atomic E-state index is 0.199. The summed E-state index contributed by atoms with van der Waals surface area (Å²) in [6.45, 7) is 6.51. The van der Waals surface area contributed by atoms with Crippen LogP contribution in [0.1, 0.15) is 50.3 Å². The summed E-state index contributed by atoms with van der Waals surface area (Å²) < 4.78 is 6.14. The van der Waals surface area contributed by atoms with E-state index in [9.17, 15) is 0 Å². The van der Waals surface area contributed by atoms with E-state index in [1.54, 1.807) is 6.20 Å². The first-order valence-corrected chi connectivity index (χ1v) is 7.56. The van der Waals surface area contributed by atoms with Crippen molar-refractivity contribution < 1.29 is 4.74 Å². The molecule has 1 aromatic heterocycles. The van der Waals surface area contributed by atoms with E-state index in [0.29, 0.717) is 11.8 Å². The van der Waals surface area contributed by atoms with Gasteiger partial charge in [0.05, 0.1) is 0 Å². The second kappa shape index (κ2) is 7.23. The lowest BCUT2D eigenvalue weighted by molar-refractivity contribution is 0.437. The van der Waals surface area contributed by atoms with Crippen molar-refractivity contribution in [1.82, 2.24) is 10.3 Å². The van der Waals surface area contributed by atoms with Gasteiger partial charge in [0.1, 0.15) is 5.75 Å². The van der Waals surface area contributed by atoms with Crippen LogP contribution in [0.25, 0.3) is 0 Å². The molecule has 0 saturated carbocycles. The van der Waals surface area contributed by atoms with Gasteiger partial charge in [-0.1, -0.05) is 38.1 Å². The molecule has 2 rings (SSSR count). The average Bonchev–Trinajstić information content (AvgIpc) is 2.54. The fraction of sp³-hybridized carbons (Fsp3) is 0.389. The molecule has 2 atom stereocenters. The number of benzene rings is 1. The minimum absolute atomic E-state index is 0.199. The number of hydrogen-bond acceptors (Lipinski definition) is 3. The molecular weight excluding hydrogens is 260 g/mol. The predicted octanol–water partition coefficient (Wildman–Crippen LogP) is 4.67. The van der Waals surface area contributed by atoms with Gasteiger partial charge in [0, 0.05) is 17.8 Å². The van der Waals surface area contributed by atoms with Gasteiger partial charge in [-0.25, -0.2) is 4.98 Å². The monoisotopic (exact) mass is 284 g/mol. The highest BCUT2D eigenvalue weighted by molar-refractivity contribution is 5.40. The van der Waals surface area contributed by atoms with Gasteiger partial charge in [-0.05, 0) is 44.0 Å². The Kier molecular flexibility index (Phi) is 5.34. The van der Waals surface area contributed by atoms with Crippen molar-refractivity contribution >= 4 is 0 Å².